The maximum absolute atomic E-state index is 14.2. The van der Waals surface area contributed by atoms with Crippen LogP contribution in [0.4, 0.5) is 5.69 Å². The molecule has 3 aromatic rings. The van der Waals surface area contributed by atoms with Crippen molar-refractivity contribution in [1.29, 1.82) is 0 Å². The summed E-state index contributed by atoms with van der Waals surface area (Å²) in [6.45, 7) is 9.35. The number of nitrogens with zero attached hydrogens (tertiary/aromatic N) is 2. The molecule has 0 aromatic heterocycles. The van der Waals surface area contributed by atoms with Crippen molar-refractivity contribution >= 4 is 43.5 Å². The number of hydrogen-bond acceptors (Lipinski definition) is 6. The molecule has 0 heterocycles. The predicted molar refractivity (Wildman–Crippen MR) is 172 cm³/mol. The Balaban J connectivity index is 2.09. The normalized spacial score (nSPS) is 12.0. The average Bonchev–Trinajstić information content (AvgIpc) is 2.95. The molecule has 0 radical (unpaired) electrons. The van der Waals surface area contributed by atoms with Crippen molar-refractivity contribution in [2.24, 2.45) is 5.92 Å². The van der Waals surface area contributed by atoms with Gasteiger partial charge in [-0.3, -0.25) is 13.9 Å². The summed E-state index contributed by atoms with van der Waals surface area (Å²) in [5.41, 5.74) is 2.79. The van der Waals surface area contributed by atoms with Crippen LogP contribution in [-0.2, 0) is 26.2 Å². The lowest BCUT2D eigenvalue weighted by Crippen LogP contribution is -2.51. The van der Waals surface area contributed by atoms with Gasteiger partial charge in [0.1, 0.15) is 12.6 Å². The zero-order valence-corrected chi connectivity index (χ0v) is 28.1. The first-order chi connectivity index (χ1) is 20.3. The van der Waals surface area contributed by atoms with Crippen LogP contribution < -0.4 is 19.1 Å². The standard InChI is InChI=1S/C32H40BrN3O6S/c1-21(2)18-34-32(38)24(5)35(19-25-9-8-10-26(33)16-25)31(37)20-36(27-14-22(3)13-23(4)15-27)43(39,40)28-11-12-29(41-6)30(17-28)42-7/h8-17,21,24H,18-20H2,1-7H3,(H,34,38)/t24-/m0/s1. The number of anilines is 1. The van der Waals surface area contributed by atoms with E-state index in [1.807, 2.05) is 58.0 Å². The number of rotatable bonds is 13. The van der Waals surface area contributed by atoms with Gasteiger partial charge in [-0.05, 0) is 79.8 Å². The minimum absolute atomic E-state index is 0.0709. The molecule has 9 nitrogen and oxygen atoms in total. The van der Waals surface area contributed by atoms with Crippen LogP contribution in [0.25, 0.3) is 0 Å². The number of carbonyl (C=O) groups excluding carboxylic acids is 2. The Labute approximate surface area is 263 Å². The van der Waals surface area contributed by atoms with Crippen LogP contribution in [0.5, 0.6) is 11.5 Å². The first kappa shape index (κ1) is 33.9. The molecule has 2 amide bonds. The summed E-state index contributed by atoms with van der Waals surface area (Å²) in [6.07, 6.45) is 0. The lowest BCUT2D eigenvalue weighted by molar-refractivity contribution is -0.139. The summed E-state index contributed by atoms with van der Waals surface area (Å²) in [6, 6.07) is 16.2. The van der Waals surface area contributed by atoms with Crippen LogP contribution >= 0.6 is 15.9 Å². The predicted octanol–water partition coefficient (Wildman–Crippen LogP) is 5.47. The van der Waals surface area contributed by atoms with Gasteiger partial charge >= 0.3 is 0 Å². The SMILES string of the molecule is COc1ccc(S(=O)(=O)N(CC(=O)N(Cc2cccc(Br)c2)[C@@H](C)C(=O)NCC(C)C)c2cc(C)cc(C)c2)cc1OC. The van der Waals surface area contributed by atoms with Gasteiger partial charge in [0.05, 0.1) is 24.8 Å². The second kappa shape index (κ2) is 14.7. The Morgan fingerprint density at radius 3 is 2.14 bits per heavy atom. The third-order valence-electron chi connectivity index (χ3n) is 6.81. The molecule has 232 valence electrons. The molecule has 0 saturated heterocycles. The minimum Gasteiger partial charge on any atom is -0.493 e. The molecule has 0 bridgehead atoms. The number of carbonyl (C=O) groups is 2. The quantitative estimate of drug-likeness (QED) is 0.258. The van der Waals surface area contributed by atoms with Crippen LogP contribution in [0.2, 0.25) is 0 Å². The van der Waals surface area contributed by atoms with Gasteiger partial charge in [-0.2, -0.15) is 0 Å². The molecular weight excluding hydrogens is 634 g/mol. The number of amides is 2. The molecule has 0 fully saturated rings. The first-order valence-electron chi connectivity index (χ1n) is 13.9. The highest BCUT2D eigenvalue weighted by Crippen LogP contribution is 2.33. The van der Waals surface area contributed by atoms with Gasteiger partial charge < -0.3 is 19.7 Å². The van der Waals surface area contributed by atoms with Crippen molar-refractivity contribution in [2.75, 3.05) is 31.6 Å². The van der Waals surface area contributed by atoms with Crippen LogP contribution in [-0.4, -0.2) is 58.5 Å². The summed E-state index contributed by atoms with van der Waals surface area (Å²) in [5, 5.41) is 2.89. The van der Waals surface area contributed by atoms with E-state index in [1.54, 1.807) is 19.1 Å². The van der Waals surface area contributed by atoms with Gasteiger partial charge in [-0.15, -0.1) is 0 Å². The fourth-order valence-corrected chi connectivity index (χ4v) is 6.46. The number of benzene rings is 3. The Morgan fingerprint density at radius 2 is 1.56 bits per heavy atom. The largest absolute Gasteiger partial charge is 0.493 e. The highest BCUT2D eigenvalue weighted by Gasteiger charge is 2.33. The molecule has 43 heavy (non-hydrogen) atoms. The van der Waals surface area contributed by atoms with E-state index in [0.29, 0.717) is 18.0 Å². The fraction of sp³-hybridized carbons (Fsp3) is 0.375. The van der Waals surface area contributed by atoms with Crippen molar-refractivity contribution in [3.8, 4) is 11.5 Å². The zero-order chi connectivity index (χ0) is 31.9. The molecule has 3 rings (SSSR count). The van der Waals surface area contributed by atoms with Crippen molar-refractivity contribution in [2.45, 2.75) is 52.1 Å². The Bertz CT molecular complexity index is 1540. The molecule has 11 heteroatoms. The van der Waals surface area contributed by atoms with E-state index in [2.05, 4.69) is 21.2 Å². The van der Waals surface area contributed by atoms with E-state index in [0.717, 1.165) is 25.5 Å². The molecule has 1 atom stereocenters. The topological polar surface area (TPSA) is 105 Å². The molecule has 3 aromatic carbocycles. The van der Waals surface area contributed by atoms with Crippen LogP contribution in [0.15, 0.2) is 70.0 Å². The van der Waals surface area contributed by atoms with Gasteiger partial charge in [0, 0.05) is 23.6 Å². The number of ether oxygens (including phenoxy) is 2. The van der Waals surface area contributed by atoms with Crippen molar-refractivity contribution < 1.29 is 27.5 Å². The highest BCUT2D eigenvalue weighted by molar-refractivity contribution is 9.10. The van der Waals surface area contributed by atoms with Gasteiger partial charge in [0.15, 0.2) is 11.5 Å². The molecule has 0 aliphatic heterocycles. The number of aryl methyl sites for hydroxylation is 2. The smallest absolute Gasteiger partial charge is 0.264 e. The molecule has 0 aliphatic rings. The summed E-state index contributed by atoms with van der Waals surface area (Å²) < 4.78 is 41.0. The second-order valence-electron chi connectivity index (χ2n) is 10.8. The van der Waals surface area contributed by atoms with E-state index in [-0.39, 0.29) is 29.0 Å². The first-order valence-corrected chi connectivity index (χ1v) is 16.1. The molecule has 0 spiro atoms. The van der Waals surface area contributed by atoms with Crippen molar-refractivity contribution in [3.63, 3.8) is 0 Å². The number of nitrogens with one attached hydrogen (secondary N) is 1. The van der Waals surface area contributed by atoms with Gasteiger partial charge in [0.2, 0.25) is 11.8 Å². The third kappa shape index (κ3) is 8.73. The summed E-state index contributed by atoms with van der Waals surface area (Å²) in [5.74, 6) is -0.0240. The number of halogens is 1. The van der Waals surface area contributed by atoms with Crippen molar-refractivity contribution in [1.82, 2.24) is 10.2 Å². The monoisotopic (exact) mass is 673 g/mol. The molecule has 0 aliphatic carbocycles. The Hall–Kier alpha value is -3.57. The fourth-order valence-electron chi connectivity index (χ4n) is 4.59. The van der Waals surface area contributed by atoms with E-state index >= 15 is 0 Å². The molecule has 1 N–H and O–H groups in total. The van der Waals surface area contributed by atoms with E-state index < -0.39 is 28.5 Å². The number of hydrogen-bond donors (Lipinski definition) is 1. The van der Waals surface area contributed by atoms with Crippen LogP contribution in [0, 0.1) is 19.8 Å². The molecular formula is C32H40BrN3O6S. The summed E-state index contributed by atoms with van der Waals surface area (Å²) >= 11 is 3.46. The van der Waals surface area contributed by atoms with Crippen molar-refractivity contribution in [3.05, 3.63) is 81.8 Å². The zero-order valence-electron chi connectivity index (χ0n) is 25.7. The summed E-state index contributed by atoms with van der Waals surface area (Å²) in [4.78, 5) is 28.7. The van der Waals surface area contributed by atoms with E-state index in [4.69, 9.17) is 9.47 Å². The van der Waals surface area contributed by atoms with Gasteiger partial charge in [-0.1, -0.05) is 48.0 Å². The third-order valence-corrected chi connectivity index (χ3v) is 9.07. The minimum atomic E-state index is -4.28. The molecule has 0 unspecified atom stereocenters. The van der Waals surface area contributed by atoms with Gasteiger partial charge in [0.25, 0.3) is 10.0 Å². The second-order valence-corrected chi connectivity index (χ2v) is 13.6. The van der Waals surface area contributed by atoms with E-state index in [9.17, 15) is 18.0 Å². The number of sulfonamides is 1. The average molecular weight is 675 g/mol. The highest BCUT2D eigenvalue weighted by atomic mass is 79.9. The number of methoxy groups -OCH3 is 2. The maximum atomic E-state index is 14.2. The maximum Gasteiger partial charge on any atom is 0.264 e. The van der Waals surface area contributed by atoms with Gasteiger partial charge in [-0.25, -0.2) is 8.42 Å². The summed E-state index contributed by atoms with van der Waals surface area (Å²) in [7, 11) is -1.39. The lowest BCUT2D eigenvalue weighted by Gasteiger charge is -2.32. The van der Waals surface area contributed by atoms with Crippen LogP contribution in [0.1, 0.15) is 37.5 Å². The lowest BCUT2D eigenvalue weighted by atomic mass is 10.1. The Kier molecular flexibility index (Phi) is 11.6. The Morgan fingerprint density at radius 1 is 0.907 bits per heavy atom. The van der Waals surface area contributed by atoms with E-state index in [1.165, 1.54) is 37.3 Å². The van der Waals surface area contributed by atoms with Crippen LogP contribution in [0.3, 0.4) is 0 Å². The molecule has 0 saturated carbocycles.